The topological polar surface area (TPSA) is 58.6 Å². The lowest BCUT2D eigenvalue weighted by molar-refractivity contribution is -0.123. The van der Waals surface area contributed by atoms with Crippen molar-refractivity contribution in [3.05, 3.63) is 117 Å². The van der Waals surface area contributed by atoms with Gasteiger partial charge in [0.2, 0.25) is 0 Å². The fraction of sp³-hybridized carbons (Fsp3) is 0.0714. The van der Waals surface area contributed by atoms with Crippen LogP contribution in [0.25, 0.3) is 16.8 Å². The van der Waals surface area contributed by atoms with Crippen LogP contribution in [-0.4, -0.2) is 16.8 Å². The third-order valence-electron chi connectivity index (χ3n) is 5.78. The Bertz CT molecular complexity index is 1480. The van der Waals surface area contributed by atoms with Crippen molar-refractivity contribution in [3.8, 4) is 5.75 Å². The molecular weight excluding hydrogens is 558 g/mol. The van der Waals surface area contributed by atoms with E-state index in [0.717, 1.165) is 36.1 Å². The lowest BCUT2D eigenvalue weighted by Gasteiger charge is -2.12. The second kappa shape index (κ2) is 9.87. The molecule has 0 atom stereocenters. The molecule has 1 saturated heterocycles. The van der Waals surface area contributed by atoms with Gasteiger partial charge < -0.3 is 10.1 Å². The number of imide groups is 1. The standard InChI is InChI=1S/C28H20FIN2O3/c29-23-11-4-2-7-20(23)16-32-27(33)25(31-28(32)34)15-18-12-13-26(24(30)14-18)35-17-21-9-5-8-19-6-1-3-10-22(19)21/h1-15H,16-17H2,(H,31,34)/b25-15+. The first-order valence-corrected chi connectivity index (χ1v) is 12.0. The zero-order chi connectivity index (χ0) is 24.4. The van der Waals surface area contributed by atoms with Crippen molar-refractivity contribution in [2.24, 2.45) is 0 Å². The summed E-state index contributed by atoms with van der Waals surface area (Å²) in [5.41, 5.74) is 2.26. The van der Waals surface area contributed by atoms with E-state index in [2.05, 4.69) is 52.2 Å². The van der Waals surface area contributed by atoms with Gasteiger partial charge in [-0.25, -0.2) is 9.18 Å². The number of halogens is 2. The highest BCUT2D eigenvalue weighted by Crippen LogP contribution is 2.27. The van der Waals surface area contributed by atoms with Gasteiger partial charge in [-0.3, -0.25) is 9.69 Å². The number of benzene rings is 4. The quantitative estimate of drug-likeness (QED) is 0.167. The van der Waals surface area contributed by atoms with Crippen LogP contribution in [0.4, 0.5) is 9.18 Å². The van der Waals surface area contributed by atoms with Crippen LogP contribution in [0, 0.1) is 9.39 Å². The molecule has 4 aromatic rings. The molecule has 0 aromatic heterocycles. The number of nitrogens with zero attached hydrogens (tertiary/aromatic N) is 1. The Morgan fingerprint density at radius 3 is 2.49 bits per heavy atom. The minimum atomic E-state index is -0.575. The highest BCUT2D eigenvalue weighted by molar-refractivity contribution is 14.1. The first-order valence-electron chi connectivity index (χ1n) is 11.0. The Labute approximate surface area is 215 Å². The average Bonchev–Trinajstić information content (AvgIpc) is 3.12. The summed E-state index contributed by atoms with van der Waals surface area (Å²) in [6, 6.07) is 25.4. The van der Waals surface area contributed by atoms with Crippen LogP contribution >= 0.6 is 22.6 Å². The molecule has 5 nitrogen and oxygen atoms in total. The number of amides is 3. The summed E-state index contributed by atoms with van der Waals surface area (Å²) in [4.78, 5) is 26.1. The molecule has 35 heavy (non-hydrogen) atoms. The monoisotopic (exact) mass is 578 g/mol. The number of nitrogens with one attached hydrogen (secondary N) is 1. The summed E-state index contributed by atoms with van der Waals surface area (Å²) in [6.45, 7) is 0.296. The molecule has 1 fully saturated rings. The van der Waals surface area contributed by atoms with E-state index in [4.69, 9.17) is 4.74 Å². The van der Waals surface area contributed by atoms with E-state index < -0.39 is 17.8 Å². The Balaban J connectivity index is 1.30. The zero-order valence-electron chi connectivity index (χ0n) is 18.5. The fourth-order valence-corrected chi connectivity index (χ4v) is 4.67. The Hall–Kier alpha value is -3.72. The minimum absolute atomic E-state index is 0.132. The molecule has 0 spiro atoms. The number of urea groups is 1. The number of carbonyl (C=O) groups is 2. The van der Waals surface area contributed by atoms with Gasteiger partial charge in [0, 0.05) is 5.56 Å². The van der Waals surface area contributed by atoms with Crippen LogP contribution in [-0.2, 0) is 17.9 Å². The van der Waals surface area contributed by atoms with Gasteiger partial charge in [0.05, 0.1) is 10.1 Å². The second-order valence-corrected chi connectivity index (χ2v) is 9.25. The summed E-state index contributed by atoms with van der Waals surface area (Å²) >= 11 is 2.19. The predicted molar refractivity (Wildman–Crippen MR) is 141 cm³/mol. The molecule has 0 bridgehead atoms. The van der Waals surface area contributed by atoms with Crippen molar-refractivity contribution < 1.29 is 18.7 Å². The van der Waals surface area contributed by atoms with E-state index in [0.29, 0.717) is 6.61 Å². The molecule has 3 amide bonds. The van der Waals surface area contributed by atoms with E-state index in [9.17, 15) is 14.0 Å². The van der Waals surface area contributed by atoms with Crippen LogP contribution in [0.5, 0.6) is 5.75 Å². The van der Waals surface area contributed by atoms with Gasteiger partial charge in [-0.1, -0.05) is 66.7 Å². The molecule has 174 valence electrons. The van der Waals surface area contributed by atoms with Gasteiger partial charge in [0.25, 0.3) is 5.91 Å². The summed E-state index contributed by atoms with van der Waals surface area (Å²) in [5, 5.41) is 4.90. The van der Waals surface area contributed by atoms with Crippen molar-refractivity contribution >= 4 is 51.4 Å². The van der Waals surface area contributed by atoms with Gasteiger partial charge in [0.1, 0.15) is 23.9 Å². The van der Waals surface area contributed by atoms with Crippen LogP contribution in [0.3, 0.4) is 0 Å². The van der Waals surface area contributed by atoms with Crippen molar-refractivity contribution in [3.63, 3.8) is 0 Å². The Morgan fingerprint density at radius 2 is 1.66 bits per heavy atom. The zero-order valence-corrected chi connectivity index (χ0v) is 20.7. The number of ether oxygens (including phenoxy) is 1. The number of fused-ring (bicyclic) bond motifs is 1. The molecule has 0 unspecified atom stereocenters. The molecule has 1 N–H and O–H groups in total. The molecule has 5 rings (SSSR count). The first-order chi connectivity index (χ1) is 17.0. The number of carbonyl (C=O) groups excluding carboxylic acids is 2. The Kier molecular flexibility index (Phi) is 6.50. The van der Waals surface area contributed by atoms with E-state index >= 15 is 0 Å². The van der Waals surface area contributed by atoms with Crippen molar-refractivity contribution in [1.82, 2.24) is 10.2 Å². The smallest absolute Gasteiger partial charge is 0.329 e. The number of hydrogen-bond acceptors (Lipinski definition) is 3. The SMILES string of the molecule is O=C1N/C(=C/c2ccc(OCc3cccc4ccccc34)c(I)c2)C(=O)N1Cc1ccccc1F. The molecule has 1 aliphatic heterocycles. The predicted octanol–water partition coefficient (Wildman–Crippen LogP) is 6.26. The lowest BCUT2D eigenvalue weighted by Crippen LogP contribution is -2.30. The molecule has 7 heteroatoms. The van der Waals surface area contributed by atoms with E-state index in [1.54, 1.807) is 24.3 Å². The summed E-state index contributed by atoms with van der Waals surface area (Å²) < 4.78 is 20.9. The van der Waals surface area contributed by atoms with Crippen molar-refractivity contribution in [2.45, 2.75) is 13.2 Å². The van der Waals surface area contributed by atoms with Crippen LogP contribution in [0.15, 0.2) is 90.6 Å². The van der Waals surface area contributed by atoms with E-state index in [1.165, 1.54) is 6.07 Å². The summed E-state index contributed by atoms with van der Waals surface area (Å²) in [6.07, 6.45) is 1.61. The second-order valence-electron chi connectivity index (χ2n) is 8.09. The van der Waals surface area contributed by atoms with E-state index in [-0.39, 0.29) is 17.8 Å². The molecule has 0 saturated carbocycles. The van der Waals surface area contributed by atoms with Gasteiger partial charge in [-0.2, -0.15) is 0 Å². The van der Waals surface area contributed by atoms with Crippen LogP contribution < -0.4 is 10.1 Å². The van der Waals surface area contributed by atoms with Crippen molar-refractivity contribution in [1.29, 1.82) is 0 Å². The maximum atomic E-state index is 14.0. The van der Waals surface area contributed by atoms with Crippen molar-refractivity contribution in [2.75, 3.05) is 0 Å². The average molecular weight is 578 g/mol. The van der Waals surface area contributed by atoms with Gasteiger partial charge in [0.15, 0.2) is 0 Å². The molecule has 0 aliphatic carbocycles. The minimum Gasteiger partial charge on any atom is -0.488 e. The molecule has 1 aliphatic rings. The highest BCUT2D eigenvalue weighted by atomic mass is 127. The third-order valence-corrected chi connectivity index (χ3v) is 6.62. The number of hydrogen-bond donors (Lipinski definition) is 1. The normalized spacial score (nSPS) is 14.6. The third kappa shape index (κ3) is 4.90. The van der Waals surface area contributed by atoms with Crippen LogP contribution in [0.2, 0.25) is 0 Å². The summed E-state index contributed by atoms with van der Waals surface area (Å²) in [5.74, 6) is -0.229. The number of rotatable bonds is 6. The van der Waals surface area contributed by atoms with Crippen LogP contribution in [0.1, 0.15) is 16.7 Å². The largest absolute Gasteiger partial charge is 0.488 e. The van der Waals surface area contributed by atoms with Gasteiger partial charge >= 0.3 is 6.03 Å². The van der Waals surface area contributed by atoms with E-state index in [1.807, 2.05) is 36.4 Å². The molecular formula is C28H20FIN2O3. The molecule has 0 radical (unpaired) electrons. The summed E-state index contributed by atoms with van der Waals surface area (Å²) in [7, 11) is 0. The molecule has 4 aromatic carbocycles. The first kappa shape index (κ1) is 23.0. The fourth-order valence-electron chi connectivity index (χ4n) is 3.98. The Morgan fingerprint density at radius 1 is 0.914 bits per heavy atom. The maximum Gasteiger partial charge on any atom is 0.329 e. The highest BCUT2D eigenvalue weighted by Gasteiger charge is 2.34. The lowest BCUT2D eigenvalue weighted by atomic mass is 10.1. The molecule has 1 heterocycles. The maximum absolute atomic E-state index is 14.0. The van der Waals surface area contributed by atoms with Gasteiger partial charge in [-0.15, -0.1) is 0 Å². The van der Waals surface area contributed by atoms with Gasteiger partial charge in [-0.05, 0) is 68.8 Å².